The molecule has 0 N–H and O–H groups in total. The lowest BCUT2D eigenvalue weighted by atomic mass is 10.0. The maximum Gasteiger partial charge on any atom is 0.0713 e. The first kappa shape index (κ1) is 10.7. The number of hydrogen-bond acceptors (Lipinski definition) is 1. The highest BCUT2D eigenvalue weighted by molar-refractivity contribution is 9.09. The van der Waals surface area contributed by atoms with Crippen molar-refractivity contribution in [1.82, 2.24) is 0 Å². The van der Waals surface area contributed by atoms with Crippen molar-refractivity contribution in [3.8, 4) is 0 Å². The second-order valence-electron chi connectivity index (χ2n) is 3.23. The van der Waals surface area contributed by atoms with Crippen LogP contribution in [0.2, 0.25) is 0 Å². The third-order valence-corrected chi connectivity index (χ3v) is 3.03. The van der Waals surface area contributed by atoms with Crippen molar-refractivity contribution in [3.05, 3.63) is 35.4 Å². The first-order valence-corrected chi connectivity index (χ1v) is 5.53. The molecule has 0 saturated carbocycles. The summed E-state index contributed by atoms with van der Waals surface area (Å²) in [5.74, 6) is 0.566. The Kier molecular flexibility index (Phi) is 4.46. The zero-order valence-corrected chi connectivity index (χ0v) is 9.67. The number of rotatable bonds is 4. The van der Waals surface area contributed by atoms with Gasteiger partial charge in [0.05, 0.1) is 6.61 Å². The summed E-state index contributed by atoms with van der Waals surface area (Å²) < 4.78 is 5.08. The van der Waals surface area contributed by atoms with Gasteiger partial charge in [0, 0.05) is 12.4 Å². The van der Waals surface area contributed by atoms with Gasteiger partial charge in [-0.25, -0.2) is 0 Å². The molecule has 0 fully saturated rings. The van der Waals surface area contributed by atoms with Crippen LogP contribution < -0.4 is 0 Å². The van der Waals surface area contributed by atoms with Gasteiger partial charge in [0.2, 0.25) is 0 Å². The zero-order valence-electron chi connectivity index (χ0n) is 8.09. The highest BCUT2D eigenvalue weighted by Crippen LogP contribution is 2.18. The van der Waals surface area contributed by atoms with Crippen molar-refractivity contribution in [2.24, 2.45) is 0 Å². The van der Waals surface area contributed by atoms with Crippen LogP contribution in [0.3, 0.4) is 0 Å². The lowest BCUT2D eigenvalue weighted by Gasteiger charge is -2.09. The van der Waals surface area contributed by atoms with E-state index in [1.54, 1.807) is 7.11 Å². The van der Waals surface area contributed by atoms with Crippen molar-refractivity contribution in [2.45, 2.75) is 19.4 Å². The van der Waals surface area contributed by atoms with E-state index in [4.69, 9.17) is 4.74 Å². The lowest BCUT2D eigenvalue weighted by Crippen LogP contribution is -1.96. The van der Waals surface area contributed by atoms with Crippen LogP contribution in [0.15, 0.2) is 24.3 Å². The molecule has 1 atom stereocenters. The molecular weight excluding hydrogens is 228 g/mol. The summed E-state index contributed by atoms with van der Waals surface area (Å²) in [7, 11) is 1.72. The summed E-state index contributed by atoms with van der Waals surface area (Å²) in [5, 5.41) is 1.00. The molecule has 1 unspecified atom stereocenters. The van der Waals surface area contributed by atoms with Crippen LogP contribution in [0, 0.1) is 0 Å². The number of ether oxygens (including phenoxy) is 1. The summed E-state index contributed by atoms with van der Waals surface area (Å²) in [5.41, 5.74) is 2.61. The van der Waals surface area contributed by atoms with Crippen molar-refractivity contribution >= 4 is 15.9 Å². The predicted octanol–water partition coefficient (Wildman–Crippen LogP) is 3.33. The van der Waals surface area contributed by atoms with E-state index in [9.17, 15) is 0 Å². The fraction of sp³-hybridized carbons (Fsp3) is 0.455. The van der Waals surface area contributed by atoms with E-state index in [2.05, 4.69) is 47.1 Å². The Morgan fingerprint density at radius 3 is 2.85 bits per heavy atom. The minimum Gasteiger partial charge on any atom is -0.380 e. The molecule has 1 aromatic carbocycles. The summed E-state index contributed by atoms with van der Waals surface area (Å²) in [6, 6.07) is 8.54. The van der Waals surface area contributed by atoms with Crippen LogP contribution in [0.5, 0.6) is 0 Å². The first-order valence-electron chi connectivity index (χ1n) is 4.41. The van der Waals surface area contributed by atoms with Crippen molar-refractivity contribution in [2.75, 3.05) is 12.4 Å². The van der Waals surface area contributed by atoms with Crippen LogP contribution in [0.1, 0.15) is 24.0 Å². The molecule has 0 aliphatic carbocycles. The van der Waals surface area contributed by atoms with Gasteiger partial charge in [0.25, 0.3) is 0 Å². The van der Waals surface area contributed by atoms with E-state index in [1.165, 1.54) is 11.1 Å². The Morgan fingerprint density at radius 1 is 1.46 bits per heavy atom. The molecule has 13 heavy (non-hydrogen) atoms. The van der Waals surface area contributed by atoms with Crippen LogP contribution >= 0.6 is 15.9 Å². The Labute approximate surface area is 88.2 Å². The SMILES string of the molecule is COCc1cccc(C(C)CBr)c1. The largest absolute Gasteiger partial charge is 0.380 e. The number of benzene rings is 1. The third-order valence-electron chi connectivity index (χ3n) is 2.06. The lowest BCUT2D eigenvalue weighted by molar-refractivity contribution is 0.185. The smallest absolute Gasteiger partial charge is 0.0713 e. The van der Waals surface area contributed by atoms with Crippen molar-refractivity contribution in [3.63, 3.8) is 0 Å². The van der Waals surface area contributed by atoms with E-state index < -0.39 is 0 Å². The highest BCUT2D eigenvalue weighted by Gasteiger charge is 2.03. The Morgan fingerprint density at radius 2 is 2.23 bits per heavy atom. The Balaban J connectivity index is 2.78. The summed E-state index contributed by atoms with van der Waals surface area (Å²) in [6.45, 7) is 2.91. The van der Waals surface area contributed by atoms with Gasteiger partial charge < -0.3 is 4.74 Å². The van der Waals surface area contributed by atoms with Crippen molar-refractivity contribution in [1.29, 1.82) is 0 Å². The molecule has 0 aliphatic heterocycles. The molecule has 0 aromatic heterocycles. The van der Waals surface area contributed by atoms with Gasteiger partial charge in [0.15, 0.2) is 0 Å². The van der Waals surface area contributed by atoms with E-state index in [1.807, 2.05) is 0 Å². The van der Waals surface area contributed by atoms with Gasteiger partial charge in [-0.1, -0.05) is 47.1 Å². The standard InChI is InChI=1S/C11H15BrO/c1-9(7-12)11-5-3-4-10(6-11)8-13-2/h3-6,9H,7-8H2,1-2H3. The molecule has 1 aromatic rings. The third kappa shape index (κ3) is 3.12. The van der Waals surface area contributed by atoms with Gasteiger partial charge in [0.1, 0.15) is 0 Å². The molecular formula is C11H15BrO. The van der Waals surface area contributed by atoms with E-state index in [0.717, 1.165) is 5.33 Å². The molecule has 0 heterocycles. The van der Waals surface area contributed by atoms with Gasteiger partial charge in [-0.2, -0.15) is 0 Å². The molecule has 1 nitrogen and oxygen atoms in total. The minimum absolute atomic E-state index is 0.566. The van der Waals surface area contributed by atoms with E-state index >= 15 is 0 Å². The number of alkyl halides is 1. The summed E-state index contributed by atoms with van der Waals surface area (Å²) >= 11 is 3.48. The predicted molar refractivity (Wildman–Crippen MR) is 59.4 cm³/mol. The van der Waals surface area contributed by atoms with E-state index in [-0.39, 0.29) is 0 Å². The normalized spacial score (nSPS) is 12.8. The molecule has 0 radical (unpaired) electrons. The fourth-order valence-corrected chi connectivity index (χ4v) is 1.62. The van der Waals surface area contributed by atoms with Gasteiger partial charge in [-0.3, -0.25) is 0 Å². The topological polar surface area (TPSA) is 9.23 Å². The molecule has 0 spiro atoms. The molecule has 0 aliphatic rings. The van der Waals surface area contributed by atoms with Crippen molar-refractivity contribution < 1.29 is 4.74 Å². The quantitative estimate of drug-likeness (QED) is 0.737. The average molecular weight is 243 g/mol. The highest BCUT2D eigenvalue weighted by atomic mass is 79.9. The summed E-state index contributed by atoms with van der Waals surface area (Å²) in [4.78, 5) is 0. The van der Waals surface area contributed by atoms with Gasteiger partial charge >= 0.3 is 0 Å². The fourth-order valence-electron chi connectivity index (χ4n) is 1.25. The first-order chi connectivity index (χ1) is 6.27. The molecule has 72 valence electrons. The van der Waals surface area contributed by atoms with Crippen LogP contribution in [-0.2, 0) is 11.3 Å². The maximum atomic E-state index is 5.08. The average Bonchev–Trinajstić information content (AvgIpc) is 2.18. The molecule has 2 heteroatoms. The minimum atomic E-state index is 0.566. The molecule has 0 bridgehead atoms. The number of methoxy groups -OCH3 is 1. The molecule has 1 rings (SSSR count). The van der Waals surface area contributed by atoms with Gasteiger partial charge in [-0.15, -0.1) is 0 Å². The second-order valence-corrected chi connectivity index (χ2v) is 3.88. The Bertz CT molecular complexity index is 260. The Hall–Kier alpha value is -0.340. The number of hydrogen-bond donors (Lipinski definition) is 0. The van der Waals surface area contributed by atoms with Crippen LogP contribution in [0.4, 0.5) is 0 Å². The summed E-state index contributed by atoms with van der Waals surface area (Å²) in [6.07, 6.45) is 0. The van der Waals surface area contributed by atoms with Gasteiger partial charge in [-0.05, 0) is 17.0 Å². The number of halogens is 1. The maximum absolute atomic E-state index is 5.08. The molecule has 0 saturated heterocycles. The van der Waals surface area contributed by atoms with Crippen LogP contribution in [-0.4, -0.2) is 12.4 Å². The monoisotopic (exact) mass is 242 g/mol. The van der Waals surface area contributed by atoms with Crippen LogP contribution in [0.25, 0.3) is 0 Å². The molecule has 0 amide bonds. The second kappa shape index (κ2) is 5.40. The van der Waals surface area contributed by atoms with E-state index in [0.29, 0.717) is 12.5 Å². The zero-order chi connectivity index (χ0) is 9.68.